The van der Waals surface area contributed by atoms with Crippen LogP contribution in [0.15, 0.2) is 71.2 Å². The Balaban J connectivity index is 1.87. The number of amides is 1. The van der Waals surface area contributed by atoms with Gasteiger partial charge >= 0.3 is 0 Å². The number of Topliss-reactive ketones (excluding diaryl/α,β-unsaturated/α-hetero) is 1. The van der Waals surface area contributed by atoms with E-state index in [9.17, 15) is 19.2 Å². The number of hydrogen-bond donors (Lipinski definition) is 2. The summed E-state index contributed by atoms with van der Waals surface area (Å²) in [6.45, 7) is 5.82. The van der Waals surface area contributed by atoms with Crippen LogP contribution >= 0.6 is 0 Å². The topological polar surface area (TPSA) is 99.2 Å². The Hall–Kier alpha value is -3.92. The van der Waals surface area contributed by atoms with Crippen molar-refractivity contribution in [3.05, 3.63) is 93.7 Å². The number of benzene rings is 2. The van der Waals surface area contributed by atoms with E-state index < -0.39 is 23.1 Å². The Morgan fingerprint density at radius 1 is 1.18 bits per heavy atom. The third-order valence-corrected chi connectivity index (χ3v) is 6.12. The van der Waals surface area contributed by atoms with Crippen molar-refractivity contribution >= 4 is 11.7 Å². The number of rotatable bonds is 3. The molecule has 168 valence electrons. The van der Waals surface area contributed by atoms with Crippen LogP contribution in [0.2, 0.25) is 0 Å². The van der Waals surface area contributed by atoms with Gasteiger partial charge in [0.15, 0.2) is 5.78 Å². The molecule has 2 aliphatic rings. The average Bonchev–Trinajstić information content (AvgIpc) is 2.75. The number of halogens is 1. The molecule has 0 fully saturated rings. The number of carbonyl (C=O) groups excluding carboxylic acids is 2. The molecule has 1 amide bonds. The zero-order chi connectivity index (χ0) is 23.9. The number of allylic oxidation sites excluding steroid dienone is 3. The molecule has 0 saturated heterocycles. The standard InChI is InChI=1S/C26H25FN4O2/c1-15-8-10-16(11-9-15)25(33)30-31-20-12-26(2,3)13-21(32)23(20)22(18(14-28)24(31)29)17-6-4-5-7-19(17)27/h4-11,22H,12-13,29H2,1-3H3,(H,30,33). The van der Waals surface area contributed by atoms with Crippen molar-refractivity contribution in [1.82, 2.24) is 10.4 Å². The van der Waals surface area contributed by atoms with E-state index in [0.717, 1.165) is 5.56 Å². The highest BCUT2D eigenvalue weighted by atomic mass is 19.1. The molecule has 0 spiro atoms. The number of ketones is 1. The summed E-state index contributed by atoms with van der Waals surface area (Å²) in [4.78, 5) is 26.4. The van der Waals surface area contributed by atoms with Gasteiger partial charge in [-0.15, -0.1) is 0 Å². The third-order valence-electron chi connectivity index (χ3n) is 6.12. The number of nitrogens with two attached hydrogens (primary N) is 1. The fourth-order valence-electron chi connectivity index (χ4n) is 4.53. The quantitative estimate of drug-likeness (QED) is 0.739. The Morgan fingerprint density at radius 3 is 2.48 bits per heavy atom. The first kappa shape index (κ1) is 22.3. The van der Waals surface area contributed by atoms with E-state index in [1.54, 1.807) is 30.3 Å². The molecule has 0 bridgehead atoms. The fourth-order valence-corrected chi connectivity index (χ4v) is 4.53. The lowest BCUT2D eigenvalue weighted by molar-refractivity contribution is -0.118. The molecule has 2 aromatic carbocycles. The van der Waals surface area contributed by atoms with Gasteiger partial charge in [0, 0.05) is 23.1 Å². The molecule has 4 rings (SSSR count). The second kappa shape index (κ2) is 8.21. The lowest BCUT2D eigenvalue weighted by Gasteiger charge is -2.43. The Morgan fingerprint density at radius 2 is 1.85 bits per heavy atom. The lowest BCUT2D eigenvalue weighted by Crippen LogP contribution is -2.49. The summed E-state index contributed by atoms with van der Waals surface area (Å²) in [6, 6.07) is 15.1. The Bertz CT molecular complexity index is 1250. The molecule has 1 aliphatic carbocycles. The molecule has 1 aliphatic heterocycles. The predicted molar refractivity (Wildman–Crippen MR) is 121 cm³/mol. The van der Waals surface area contributed by atoms with E-state index in [1.165, 1.54) is 11.1 Å². The van der Waals surface area contributed by atoms with Gasteiger partial charge in [-0.05, 0) is 37.0 Å². The van der Waals surface area contributed by atoms with Crippen molar-refractivity contribution in [2.45, 2.75) is 39.5 Å². The Kier molecular flexibility index (Phi) is 5.54. The van der Waals surface area contributed by atoms with Gasteiger partial charge in [0.1, 0.15) is 11.6 Å². The second-order valence-electron chi connectivity index (χ2n) is 9.31. The van der Waals surface area contributed by atoms with Crippen molar-refractivity contribution in [2.75, 3.05) is 0 Å². The molecule has 0 aromatic heterocycles. The highest BCUT2D eigenvalue weighted by Gasteiger charge is 2.45. The van der Waals surface area contributed by atoms with Crippen LogP contribution in [0.4, 0.5) is 4.39 Å². The van der Waals surface area contributed by atoms with Gasteiger partial charge in [0.2, 0.25) is 0 Å². The molecule has 33 heavy (non-hydrogen) atoms. The number of hydrogen-bond acceptors (Lipinski definition) is 5. The van der Waals surface area contributed by atoms with E-state index in [1.807, 2.05) is 32.9 Å². The molecule has 0 radical (unpaired) electrons. The molecule has 1 heterocycles. The van der Waals surface area contributed by atoms with Gasteiger partial charge in [-0.25, -0.2) is 9.40 Å². The number of nitrogens with zero attached hydrogens (tertiary/aromatic N) is 2. The predicted octanol–water partition coefficient (Wildman–Crippen LogP) is 4.22. The van der Waals surface area contributed by atoms with Crippen molar-refractivity contribution in [3.8, 4) is 6.07 Å². The van der Waals surface area contributed by atoms with Crippen LogP contribution < -0.4 is 11.2 Å². The molecule has 3 N–H and O–H groups in total. The normalized spacial score (nSPS) is 19.8. The first-order chi connectivity index (χ1) is 15.6. The molecule has 0 saturated carbocycles. The maximum atomic E-state index is 14.8. The summed E-state index contributed by atoms with van der Waals surface area (Å²) in [5.41, 5.74) is 11.2. The molecule has 2 aromatic rings. The summed E-state index contributed by atoms with van der Waals surface area (Å²) < 4.78 is 14.8. The maximum Gasteiger partial charge on any atom is 0.270 e. The average molecular weight is 445 g/mol. The van der Waals surface area contributed by atoms with Crippen LogP contribution in [-0.4, -0.2) is 16.7 Å². The minimum Gasteiger partial charge on any atom is -0.383 e. The molecular formula is C26H25FN4O2. The Labute approximate surface area is 192 Å². The van der Waals surface area contributed by atoms with Crippen LogP contribution in [0.25, 0.3) is 0 Å². The molecule has 1 atom stereocenters. The molecule has 7 heteroatoms. The van der Waals surface area contributed by atoms with E-state index in [0.29, 0.717) is 23.3 Å². The largest absolute Gasteiger partial charge is 0.383 e. The smallest absolute Gasteiger partial charge is 0.270 e. The monoisotopic (exact) mass is 444 g/mol. The number of nitriles is 1. The van der Waals surface area contributed by atoms with Crippen molar-refractivity contribution in [1.29, 1.82) is 5.26 Å². The summed E-state index contributed by atoms with van der Waals surface area (Å²) in [5.74, 6) is -2.09. The number of aryl methyl sites for hydroxylation is 1. The van der Waals surface area contributed by atoms with Crippen molar-refractivity contribution in [3.63, 3.8) is 0 Å². The van der Waals surface area contributed by atoms with Crippen LogP contribution in [-0.2, 0) is 4.79 Å². The lowest BCUT2D eigenvalue weighted by atomic mass is 9.69. The van der Waals surface area contributed by atoms with E-state index in [-0.39, 0.29) is 29.2 Å². The third kappa shape index (κ3) is 4.00. The second-order valence-corrected chi connectivity index (χ2v) is 9.31. The minimum atomic E-state index is -0.928. The number of nitrogens with one attached hydrogen (secondary N) is 1. The molecular weight excluding hydrogens is 419 g/mol. The van der Waals surface area contributed by atoms with Gasteiger partial charge in [0.25, 0.3) is 5.91 Å². The van der Waals surface area contributed by atoms with Crippen LogP contribution in [0, 0.1) is 29.5 Å². The zero-order valence-electron chi connectivity index (χ0n) is 18.8. The van der Waals surface area contributed by atoms with Crippen molar-refractivity contribution < 1.29 is 14.0 Å². The van der Waals surface area contributed by atoms with Gasteiger partial charge in [-0.3, -0.25) is 15.0 Å². The maximum absolute atomic E-state index is 14.8. The van der Waals surface area contributed by atoms with Gasteiger partial charge in [-0.1, -0.05) is 49.7 Å². The highest BCUT2D eigenvalue weighted by molar-refractivity contribution is 6.01. The van der Waals surface area contributed by atoms with Gasteiger partial charge < -0.3 is 5.73 Å². The first-order valence-electron chi connectivity index (χ1n) is 10.7. The zero-order valence-corrected chi connectivity index (χ0v) is 18.8. The summed E-state index contributed by atoms with van der Waals surface area (Å²) in [7, 11) is 0. The minimum absolute atomic E-state index is 0.0181. The molecule has 1 unspecified atom stereocenters. The fraction of sp³-hybridized carbons (Fsp3) is 0.269. The summed E-state index contributed by atoms with van der Waals surface area (Å²) >= 11 is 0. The van der Waals surface area contributed by atoms with Gasteiger partial charge in [0.05, 0.1) is 23.3 Å². The van der Waals surface area contributed by atoms with Crippen LogP contribution in [0.1, 0.15) is 54.1 Å². The van der Waals surface area contributed by atoms with E-state index in [4.69, 9.17) is 5.73 Å². The summed E-state index contributed by atoms with van der Waals surface area (Å²) in [6.07, 6.45) is 0.668. The summed E-state index contributed by atoms with van der Waals surface area (Å²) in [5, 5.41) is 11.3. The van der Waals surface area contributed by atoms with Crippen molar-refractivity contribution in [2.24, 2.45) is 11.1 Å². The van der Waals surface area contributed by atoms with E-state index >= 15 is 0 Å². The van der Waals surface area contributed by atoms with Gasteiger partial charge in [-0.2, -0.15) is 5.26 Å². The molecule has 6 nitrogen and oxygen atoms in total. The number of carbonyl (C=O) groups is 2. The SMILES string of the molecule is Cc1ccc(C(=O)NN2C(N)=C(C#N)C(c3ccccc3F)C3=C2CC(C)(C)CC3=O)cc1. The van der Waals surface area contributed by atoms with Crippen LogP contribution in [0.3, 0.4) is 0 Å². The van der Waals surface area contributed by atoms with E-state index in [2.05, 4.69) is 11.5 Å². The van der Waals surface area contributed by atoms with Crippen LogP contribution in [0.5, 0.6) is 0 Å². The highest BCUT2D eigenvalue weighted by Crippen LogP contribution is 2.48. The first-order valence-corrected chi connectivity index (χ1v) is 10.7. The number of hydrazine groups is 1.